The minimum Gasteiger partial charge on any atom is -0.337 e. The molecule has 2 amide bonds. The van der Waals surface area contributed by atoms with Crippen LogP contribution in [0, 0.1) is 5.41 Å². The lowest BCUT2D eigenvalue weighted by Crippen LogP contribution is -2.53. The Morgan fingerprint density at radius 2 is 1.67 bits per heavy atom. The predicted molar refractivity (Wildman–Crippen MR) is 108 cm³/mol. The molecule has 0 saturated carbocycles. The van der Waals surface area contributed by atoms with Gasteiger partial charge >= 0.3 is 6.03 Å². The smallest absolute Gasteiger partial charge is 0.317 e. The van der Waals surface area contributed by atoms with Gasteiger partial charge in [0.15, 0.2) is 0 Å². The third kappa shape index (κ3) is 5.69. The summed E-state index contributed by atoms with van der Waals surface area (Å²) in [7, 11) is -3.52. The standard InChI is InChI=1S/C20H33N3O3S/c1-6-16(2)17-7-9-18(10-8-17)27(25,26)23-13-11-22(12-14-23)19(24)21-15-20(3,4)5/h7-10,16H,6,11-15H2,1-5H3,(H,21,24). The normalized spacial score (nSPS) is 17.6. The quantitative estimate of drug-likeness (QED) is 0.832. The molecule has 27 heavy (non-hydrogen) atoms. The van der Waals surface area contributed by atoms with Crippen LogP contribution in [-0.2, 0) is 10.0 Å². The van der Waals surface area contributed by atoms with E-state index < -0.39 is 10.0 Å². The van der Waals surface area contributed by atoms with Crippen LogP contribution in [0.15, 0.2) is 29.2 Å². The SMILES string of the molecule is CCC(C)c1ccc(S(=O)(=O)N2CCN(C(=O)NCC(C)(C)C)CC2)cc1. The number of hydrogen-bond donors (Lipinski definition) is 1. The fourth-order valence-electron chi connectivity index (χ4n) is 2.94. The van der Waals surface area contributed by atoms with Gasteiger partial charge < -0.3 is 10.2 Å². The van der Waals surface area contributed by atoms with Crippen LogP contribution in [0.1, 0.15) is 52.5 Å². The summed E-state index contributed by atoms with van der Waals surface area (Å²) in [5.41, 5.74) is 1.17. The Kier molecular flexibility index (Phi) is 6.92. The van der Waals surface area contributed by atoms with Crippen molar-refractivity contribution in [1.82, 2.24) is 14.5 Å². The maximum Gasteiger partial charge on any atom is 0.317 e. The van der Waals surface area contributed by atoms with Crippen molar-refractivity contribution in [3.8, 4) is 0 Å². The molecule has 1 aromatic rings. The first-order valence-corrected chi connectivity index (χ1v) is 11.1. The molecule has 0 radical (unpaired) electrons. The Morgan fingerprint density at radius 3 is 2.15 bits per heavy atom. The molecule has 1 aromatic carbocycles. The summed E-state index contributed by atoms with van der Waals surface area (Å²) in [5, 5.41) is 2.92. The summed E-state index contributed by atoms with van der Waals surface area (Å²) in [6.07, 6.45) is 1.02. The number of piperazine rings is 1. The summed E-state index contributed by atoms with van der Waals surface area (Å²) in [6, 6.07) is 7.06. The average molecular weight is 396 g/mol. The minimum absolute atomic E-state index is 0.0161. The van der Waals surface area contributed by atoms with E-state index in [0.29, 0.717) is 43.5 Å². The second-order valence-corrected chi connectivity index (χ2v) is 10.4. The highest BCUT2D eigenvalue weighted by Crippen LogP contribution is 2.23. The van der Waals surface area contributed by atoms with Crippen LogP contribution in [0.4, 0.5) is 4.79 Å². The highest BCUT2D eigenvalue weighted by Gasteiger charge is 2.30. The lowest BCUT2D eigenvalue weighted by molar-refractivity contribution is 0.169. The molecular weight excluding hydrogens is 362 g/mol. The molecule has 152 valence electrons. The Bertz CT molecular complexity index is 731. The van der Waals surface area contributed by atoms with Gasteiger partial charge in [-0.25, -0.2) is 13.2 Å². The second kappa shape index (κ2) is 8.61. The van der Waals surface area contributed by atoms with Crippen molar-refractivity contribution >= 4 is 16.1 Å². The van der Waals surface area contributed by atoms with Crippen molar-refractivity contribution in [1.29, 1.82) is 0 Å². The lowest BCUT2D eigenvalue weighted by atomic mass is 9.97. The largest absolute Gasteiger partial charge is 0.337 e. The fourth-order valence-corrected chi connectivity index (χ4v) is 4.36. The van der Waals surface area contributed by atoms with Gasteiger partial charge in [-0.2, -0.15) is 4.31 Å². The van der Waals surface area contributed by atoms with Gasteiger partial charge in [0.25, 0.3) is 0 Å². The molecule has 0 aromatic heterocycles. The van der Waals surface area contributed by atoms with Gasteiger partial charge in [-0.15, -0.1) is 0 Å². The van der Waals surface area contributed by atoms with Crippen molar-refractivity contribution in [3.63, 3.8) is 0 Å². The Balaban J connectivity index is 1.97. The van der Waals surface area contributed by atoms with E-state index >= 15 is 0 Å². The van der Waals surface area contributed by atoms with E-state index in [0.717, 1.165) is 12.0 Å². The van der Waals surface area contributed by atoms with Crippen LogP contribution >= 0.6 is 0 Å². The summed E-state index contributed by atoms with van der Waals surface area (Å²) in [6.45, 7) is 12.5. The van der Waals surface area contributed by atoms with Crippen LogP contribution in [0.2, 0.25) is 0 Å². The van der Waals surface area contributed by atoms with E-state index in [-0.39, 0.29) is 11.4 Å². The number of carbonyl (C=O) groups is 1. The number of carbonyl (C=O) groups excluding carboxylic acids is 1. The van der Waals surface area contributed by atoms with E-state index in [9.17, 15) is 13.2 Å². The minimum atomic E-state index is -3.52. The zero-order valence-corrected chi connectivity index (χ0v) is 18.0. The molecule has 1 heterocycles. The van der Waals surface area contributed by atoms with Crippen LogP contribution in [-0.4, -0.2) is 56.4 Å². The highest BCUT2D eigenvalue weighted by atomic mass is 32.2. The van der Waals surface area contributed by atoms with Crippen molar-refractivity contribution < 1.29 is 13.2 Å². The average Bonchev–Trinajstić information content (AvgIpc) is 2.65. The Morgan fingerprint density at radius 1 is 1.11 bits per heavy atom. The zero-order chi connectivity index (χ0) is 20.2. The molecule has 1 saturated heterocycles. The third-order valence-electron chi connectivity index (χ3n) is 5.00. The van der Waals surface area contributed by atoms with Gasteiger partial charge in [-0.3, -0.25) is 0 Å². The summed E-state index contributed by atoms with van der Waals surface area (Å²) in [4.78, 5) is 14.3. The molecule has 2 rings (SSSR count). The van der Waals surface area contributed by atoms with Crippen LogP contribution in [0.5, 0.6) is 0 Å². The highest BCUT2D eigenvalue weighted by molar-refractivity contribution is 7.89. The number of amides is 2. The molecule has 0 bridgehead atoms. The molecule has 1 N–H and O–H groups in total. The molecule has 6 nitrogen and oxygen atoms in total. The number of urea groups is 1. The van der Waals surface area contributed by atoms with E-state index in [2.05, 4.69) is 39.9 Å². The molecule has 1 aliphatic heterocycles. The Hall–Kier alpha value is -1.60. The number of sulfonamides is 1. The molecule has 1 atom stereocenters. The molecule has 1 unspecified atom stereocenters. The van der Waals surface area contributed by atoms with E-state index in [1.165, 1.54) is 4.31 Å². The lowest BCUT2D eigenvalue weighted by Gasteiger charge is -2.34. The van der Waals surface area contributed by atoms with E-state index in [1.807, 2.05) is 12.1 Å². The summed E-state index contributed by atoms with van der Waals surface area (Å²) >= 11 is 0. The van der Waals surface area contributed by atoms with Gasteiger partial charge in [0, 0.05) is 32.7 Å². The van der Waals surface area contributed by atoms with Crippen molar-refractivity contribution in [3.05, 3.63) is 29.8 Å². The van der Waals surface area contributed by atoms with Gasteiger partial charge in [0.2, 0.25) is 10.0 Å². The number of nitrogens with zero attached hydrogens (tertiary/aromatic N) is 2. The van der Waals surface area contributed by atoms with Crippen LogP contribution in [0.3, 0.4) is 0 Å². The Labute approximate surface area is 164 Å². The monoisotopic (exact) mass is 395 g/mol. The molecule has 1 aliphatic rings. The molecular formula is C20H33N3O3S. The number of hydrogen-bond acceptors (Lipinski definition) is 3. The number of rotatable bonds is 5. The summed E-state index contributed by atoms with van der Waals surface area (Å²) in [5.74, 6) is 0.414. The third-order valence-corrected chi connectivity index (χ3v) is 6.91. The van der Waals surface area contributed by atoms with E-state index in [1.54, 1.807) is 17.0 Å². The van der Waals surface area contributed by atoms with Crippen molar-refractivity contribution in [2.45, 2.75) is 51.9 Å². The van der Waals surface area contributed by atoms with Crippen LogP contribution < -0.4 is 5.32 Å². The van der Waals surface area contributed by atoms with Crippen molar-refractivity contribution in [2.75, 3.05) is 32.7 Å². The second-order valence-electron chi connectivity index (χ2n) is 8.49. The number of nitrogens with one attached hydrogen (secondary N) is 1. The van der Waals surface area contributed by atoms with Gasteiger partial charge in [-0.05, 0) is 35.4 Å². The van der Waals surface area contributed by atoms with Crippen LogP contribution in [0.25, 0.3) is 0 Å². The summed E-state index contributed by atoms with van der Waals surface area (Å²) < 4.78 is 27.2. The maximum absolute atomic E-state index is 12.9. The van der Waals surface area contributed by atoms with Gasteiger partial charge in [0.05, 0.1) is 4.90 Å². The molecule has 0 spiro atoms. The molecule has 0 aliphatic carbocycles. The topological polar surface area (TPSA) is 69.7 Å². The number of benzene rings is 1. The first kappa shape index (κ1) is 21.7. The first-order chi connectivity index (χ1) is 12.5. The van der Waals surface area contributed by atoms with Gasteiger partial charge in [-0.1, -0.05) is 46.8 Å². The first-order valence-electron chi connectivity index (χ1n) is 9.67. The maximum atomic E-state index is 12.9. The van der Waals surface area contributed by atoms with Crippen molar-refractivity contribution in [2.24, 2.45) is 5.41 Å². The van der Waals surface area contributed by atoms with Gasteiger partial charge in [0.1, 0.15) is 0 Å². The molecule has 7 heteroatoms. The fraction of sp³-hybridized carbons (Fsp3) is 0.650. The van der Waals surface area contributed by atoms with E-state index in [4.69, 9.17) is 0 Å². The predicted octanol–water partition coefficient (Wildman–Crippen LogP) is 3.26. The molecule has 1 fully saturated rings. The zero-order valence-electron chi connectivity index (χ0n) is 17.2.